The summed E-state index contributed by atoms with van der Waals surface area (Å²) in [5.74, 6) is -0.434. The van der Waals surface area contributed by atoms with E-state index in [1.54, 1.807) is 0 Å². The van der Waals surface area contributed by atoms with Crippen LogP contribution in [-0.4, -0.2) is 44.8 Å². The number of ether oxygens (including phenoxy) is 2. The molecule has 0 bridgehead atoms. The summed E-state index contributed by atoms with van der Waals surface area (Å²) in [5.41, 5.74) is 0.195. The molecular formula is C17H18N2O7S. The zero-order valence-electron chi connectivity index (χ0n) is 14.9. The molecule has 0 saturated carbocycles. The number of carbonyl (C=O) groups is 1. The Morgan fingerprint density at radius 1 is 1.19 bits per heavy atom. The first-order valence-corrected chi connectivity index (χ1v) is 9.12. The maximum Gasteiger partial charge on any atom is 0.338 e. The molecule has 0 aliphatic heterocycles. The van der Waals surface area contributed by atoms with Gasteiger partial charge in [-0.2, -0.15) is 0 Å². The number of rotatable bonds is 7. The Hall–Kier alpha value is -2.98. The van der Waals surface area contributed by atoms with E-state index in [1.165, 1.54) is 63.7 Å². The lowest BCUT2D eigenvalue weighted by Crippen LogP contribution is -2.22. The summed E-state index contributed by atoms with van der Waals surface area (Å²) in [5, 5.41) is 10.9. The van der Waals surface area contributed by atoms with Crippen LogP contribution < -0.4 is 4.74 Å². The predicted molar refractivity (Wildman–Crippen MR) is 96.1 cm³/mol. The number of nitrogens with zero attached hydrogens (tertiary/aromatic N) is 2. The van der Waals surface area contributed by atoms with Gasteiger partial charge in [0.15, 0.2) is 0 Å². The minimum absolute atomic E-state index is 0.0438. The molecule has 0 atom stereocenters. The molecule has 2 aromatic carbocycles. The van der Waals surface area contributed by atoms with E-state index < -0.39 is 20.9 Å². The molecule has 0 N–H and O–H groups in total. The van der Waals surface area contributed by atoms with E-state index in [4.69, 9.17) is 9.47 Å². The Bertz CT molecular complexity index is 971. The molecule has 144 valence electrons. The van der Waals surface area contributed by atoms with Crippen LogP contribution in [0.25, 0.3) is 0 Å². The molecule has 0 spiro atoms. The third-order valence-corrected chi connectivity index (χ3v) is 5.49. The van der Waals surface area contributed by atoms with E-state index in [0.717, 1.165) is 4.31 Å². The molecule has 2 rings (SSSR count). The fraction of sp³-hybridized carbons (Fsp3) is 0.235. The van der Waals surface area contributed by atoms with Crippen molar-refractivity contribution in [3.8, 4) is 5.75 Å². The van der Waals surface area contributed by atoms with E-state index in [2.05, 4.69) is 0 Å². The third-order valence-electron chi connectivity index (χ3n) is 3.68. The van der Waals surface area contributed by atoms with E-state index in [1.807, 2.05) is 0 Å². The van der Waals surface area contributed by atoms with Gasteiger partial charge in [0.25, 0.3) is 5.69 Å². The first kappa shape index (κ1) is 20.3. The lowest BCUT2D eigenvalue weighted by Gasteiger charge is -2.12. The summed E-state index contributed by atoms with van der Waals surface area (Å²) in [4.78, 5) is 22.6. The number of non-ortho nitro benzene ring substituents is 1. The molecule has 9 nitrogen and oxygen atoms in total. The molecule has 0 aliphatic rings. The SMILES string of the molecule is COc1ccc([N+](=O)[O-])cc1COC(=O)c1cccc(S(=O)(=O)N(C)C)c1. The molecule has 0 unspecified atom stereocenters. The van der Waals surface area contributed by atoms with Crippen LogP contribution >= 0.6 is 0 Å². The number of nitro benzene ring substituents is 1. The summed E-state index contributed by atoms with van der Waals surface area (Å²) < 4.78 is 35.6. The van der Waals surface area contributed by atoms with Gasteiger partial charge in [0.05, 0.1) is 22.5 Å². The van der Waals surface area contributed by atoms with Gasteiger partial charge in [-0.3, -0.25) is 10.1 Å². The number of benzene rings is 2. The number of carbonyl (C=O) groups excluding carboxylic acids is 1. The van der Waals surface area contributed by atoms with Crippen molar-refractivity contribution in [3.63, 3.8) is 0 Å². The highest BCUT2D eigenvalue weighted by atomic mass is 32.2. The minimum Gasteiger partial charge on any atom is -0.496 e. The highest BCUT2D eigenvalue weighted by molar-refractivity contribution is 7.89. The summed E-state index contributed by atoms with van der Waals surface area (Å²) in [6.45, 7) is -0.269. The maximum absolute atomic E-state index is 12.3. The Kier molecular flexibility index (Phi) is 6.13. The Morgan fingerprint density at radius 3 is 2.48 bits per heavy atom. The molecule has 10 heteroatoms. The van der Waals surface area contributed by atoms with Crippen LogP contribution in [0.5, 0.6) is 5.75 Å². The lowest BCUT2D eigenvalue weighted by molar-refractivity contribution is -0.385. The molecule has 2 aromatic rings. The molecule has 0 heterocycles. The first-order chi connectivity index (χ1) is 12.7. The predicted octanol–water partition coefficient (Wildman–Crippen LogP) is 2.21. The number of nitro groups is 1. The molecule has 0 aliphatic carbocycles. The topological polar surface area (TPSA) is 116 Å². The van der Waals surface area contributed by atoms with Crippen molar-refractivity contribution in [3.05, 3.63) is 63.7 Å². The number of esters is 1. The number of hydrogen-bond donors (Lipinski definition) is 0. The van der Waals surface area contributed by atoms with Gasteiger partial charge < -0.3 is 9.47 Å². The normalized spacial score (nSPS) is 11.3. The molecule has 27 heavy (non-hydrogen) atoms. The van der Waals surface area contributed by atoms with E-state index in [-0.39, 0.29) is 22.8 Å². The zero-order chi connectivity index (χ0) is 20.2. The average Bonchev–Trinajstić information content (AvgIpc) is 2.65. The van der Waals surface area contributed by atoms with Crippen molar-refractivity contribution < 1.29 is 27.6 Å². The Balaban J connectivity index is 2.22. The van der Waals surface area contributed by atoms with Crippen LogP contribution in [0.2, 0.25) is 0 Å². The third kappa shape index (κ3) is 4.60. The summed E-state index contributed by atoms with van der Waals surface area (Å²) in [6, 6.07) is 9.37. The number of hydrogen-bond acceptors (Lipinski definition) is 7. The average molecular weight is 394 g/mol. The molecular weight excluding hydrogens is 376 g/mol. The van der Waals surface area contributed by atoms with Crippen LogP contribution in [-0.2, 0) is 21.4 Å². The summed E-state index contributed by atoms with van der Waals surface area (Å²) >= 11 is 0. The van der Waals surface area contributed by atoms with Gasteiger partial charge in [-0.25, -0.2) is 17.5 Å². The monoisotopic (exact) mass is 394 g/mol. The van der Waals surface area contributed by atoms with Crippen LogP contribution in [0.15, 0.2) is 47.4 Å². The van der Waals surface area contributed by atoms with Crippen LogP contribution in [0.4, 0.5) is 5.69 Å². The number of methoxy groups -OCH3 is 1. The van der Waals surface area contributed by atoms with Crippen molar-refractivity contribution in [1.29, 1.82) is 0 Å². The second-order valence-corrected chi connectivity index (χ2v) is 7.80. The van der Waals surface area contributed by atoms with Crippen molar-refractivity contribution in [2.75, 3.05) is 21.2 Å². The Labute approximate surface area is 156 Å². The molecule has 0 aromatic heterocycles. The van der Waals surface area contributed by atoms with Gasteiger partial charge in [0, 0.05) is 31.8 Å². The van der Waals surface area contributed by atoms with Crippen LogP contribution in [0.3, 0.4) is 0 Å². The molecule has 0 fully saturated rings. The van der Waals surface area contributed by atoms with Gasteiger partial charge >= 0.3 is 5.97 Å². The number of sulfonamides is 1. The first-order valence-electron chi connectivity index (χ1n) is 7.68. The smallest absolute Gasteiger partial charge is 0.338 e. The lowest BCUT2D eigenvalue weighted by atomic mass is 10.2. The van der Waals surface area contributed by atoms with Gasteiger partial charge in [-0.1, -0.05) is 6.07 Å². The van der Waals surface area contributed by atoms with Crippen molar-refractivity contribution in [2.45, 2.75) is 11.5 Å². The summed E-state index contributed by atoms with van der Waals surface area (Å²) in [6.07, 6.45) is 0. The standard InChI is InChI=1S/C17H18N2O7S/c1-18(2)27(23,24)15-6-4-5-12(10-15)17(20)26-11-13-9-14(19(21)22)7-8-16(13)25-3/h4-10H,11H2,1-3H3. The highest BCUT2D eigenvalue weighted by Gasteiger charge is 2.20. The second kappa shape index (κ2) is 8.14. The highest BCUT2D eigenvalue weighted by Crippen LogP contribution is 2.25. The van der Waals surface area contributed by atoms with Crippen molar-refractivity contribution in [2.24, 2.45) is 0 Å². The molecule has 0 radical (unpaired) electrons. The van der Waals surface area contributed by atoms with Crippen molar-refractivity contribution >= 4 is 21.7 Å². The largest absolute Gasteiger partial charge is 0.496 e. The fourth-order valence-corrected chi connectivity index (χ4v) is 3.16. The maximum atomic E-state index is 12.3. The van der Waals surface area contributed by atoms with Gasteiger partial charge in [0.2, 0.25) is 10.0 Å². The van der Waals surface area contributed by atoms with Gasteiger partial charge in [0.1, 0.15) is 12.4 Å². The summed E-state index contributed by atoms with van der Waals surface area (Å²) in [7, 11) is 0.463. The van der Waals surface area contributed by atoms with Gasteiger partial charge in [-0.05, 0) is 24.3 Å². The fourth-order valence-electron chi connectivity index (χ4n) is 2.21. The Morgan fingerprint density at radius 2 is 1.89 bits per heavy atom. The second-order valence-electron chi connectivity index (χ2n) is 5.64. The van der Waals surface area contributed by atoms with E-state index >= 15 is 0 Å². The van der Waals surface area contributed by atoms with E-state index in [9.17, 15) is 23.3 Å². The minimum atomic E-state index is -3.70. The quantitative estimate of drug-likeness (QED) is 0.401. The zero-order valence-corrected chi connectivity index (χ0v) is 15.7. The van der Waals surface area contributed by atoms with Crippen LogP contribution in [0, 0.1) is 10.1 Å². The molecule has 0 saturated heterocycles. The van der Waals surface area contributed by atoms with Crippen LogP contribution in [0.1, 0.15) is 15.9 Å². The van der Waals surface area contributed by atoms with E-state index in [0.29, 0.717) is 11.3 Å². The van der Waals surface area contributed by atoms with Crippen molar-refractivity contribution in [1.82, 2.24) is 4.31 Å². The van der Waals surface area contributed by atoms with Gasteiger partial charge in [-0.15, -0.1) is 0 Å². The molecule has 0 amide bonds.